The Labute approximate surface area is 555 Å². The zero-order chi connectivity index (χ0) is 66.6. The monoisotopic (exact) mass is 1320 g/mol. The minimum atomic E-state index is -4.08. The Bertz CT molecular complexity index is 4230. The van der Waals surface area contributed by atoms with Gasteiger partial charge in [-0.2, -0.15) is 19.9 Å². The first-order chi connectivity index (χ1) is 46.6. The number of rotatable bonds is 23. The number of fused-ring (bicyclic) bond motifs is 2. The molecule has 9 aromatic rings. The number of carbonyl (C=O) groups is 3. The number of nitrogens with one attached hydrogen (secondary N) is 7. The van der Waals surface area contributed by atoms with E-state index in [1.165, 1.54) is 24.3 Å². The number of sulfonamides is 1. The molecular formula is C69H79N17O9S. The number of hydrogen-bond acceptors (Lipinski definition) is 19. The van der Waals surface area contributed by atoms with Crippen LogP contribution in [0, 0.1) is 0 Å². The maximum absolute atomic E-state index is 14.1. The first-order valence-corrected chi connectivity index (χ1v) is 34.2. The number of imidazole rings is 2. The largest absolute Gasteiger partial charge is 0.388 e. The summed E-state index contributed by atoms with van der Waals surface area (Å²) in [7, 11) is -4.08. The maximum Gasteiger partial charge on any atom is 0.319 e. The molecule has 6 heterocycles. The van der Waals surface area contributed by atoms with E-state index in [1.807, 2.05) is 82.6 Å². The molecule has 1 unspecified atom stereocenters. The molecule has 0 spiro atoms. The van der Waals surface area contributed by atoms with Gasteiger partial charge in [-0.25, -0.2) is 27.9 Å². The molecule has 4 amide bonds. The summed E-state index contributed by atoms with van der Waals surface area (Å²) < 4.78 is 34.5. The lowest BCUT2D eigenvalue weighted by molar-refractivity contribution is -0.123. The highest BCUT2D eigenvalue weighted by molar-refractivity contribution is 7.89. The second-order valence-electron chi connectivity index (χ2n) is 25.1. The highest BCUT2D eigenvalue weighted by atomic mass is 32.2. The molecule has 4 fully saturated rings. The number of aromatic nitrogens is 8. The van der Waals surface area contributed by atoms with Gasteiger partial charge in [0.2, 0.25) is 33.7 Å². The quantitative estimate of drug-likeness (QED) is 0.0375. The fraction of sp³-hybridized carbons (Fsp3) is 0.377. The lowest BCUT2D eigenvalue weighted by atomic mass is 9.91. The van der Waals surface area contributed by atoms with Crippen molar-refractivity contribution in [1.29, 1.82) is 0 Å². The molecule has 27 heteroatoms. The van der Waals surface area contributed by atoms with Crippen molar-refractivity contribution in [3.05, 3.63) is 181 Å². The van der Waals surface area contributed by atoms with E-state index in [-0.39, 0.29) is 66.8 Å². The second kappa shape index (κ2) is 28.4. The van der Waals surface area contributed by atoms with Gasteiger partial charge in [-0.1, -0.05) is 135 Å². The smallest absolute Gasteiger partial charge is 0.319 e. The van der Waals surface area contributed by atoms with Crippen LogP contribution in [0.3, 0.4) is 0 Å². The topological polar surface area (TPSA) is 344 Å². The third-order valence-corrected chi connectivity index (χ3v) is 20.5. The standard InChI is InChI=1S/C69H79N17O9S/c1-3-55(87)76-51-33-53(61(91)59(51)89)85-39-72-57-63(70-35-49(41-17-9-5-10-18-41)42-19-11-6-12-20-42)78-67(80-65(57)85)83-31-29-46(37-83)75-69(93)74-45-25-27-48(28-26-45)96(94,95)82-47-30-32-84(38-47)68-79-64(71-36-50(43-21-13-7-14-22-43)44-23-15-8-16-24-44)58-66(81-68)86(40-73-58)54-34-52(60(90)62(54)92)77-56(88)4-2/h5-28,39-40,46-47,49-54,59-62,82,89-92H,3-4,29-38H2,1-2H3,(H,76,87)(H,77,88)(H,70,78,80)(H,71,79,81)(H2,74,75,93)/t46?,47-,51+,52-,53-,54+,59+,60-,61-,62+/m1/s1. The summed E-state index contributed by atoms with van der Waals surface area (Å²) in [5.74, 6) is 0.904. The Morgan fingerprint density at radius 3 is 1.34 bits per heavy atom. The molecule has 0 bridgehead atoms. The Hall–Kier alpha value is -9.64. The van der Waals surface area contributed by atoms with E-state index < -0.39 is 70.7 Å². The van der Waals surface area contributed by atoms with Gasteiger partial charge in [0.1, 0.15) is 24.4 Å². The number of urea groups is 1. The number of nitrogens with zero attached hydrogens (tertiary/aromatic N) is 10. The third kappa shape index (κ3) is 13.9. The summed E-state index contributed by atoms with van der Waals surface area (Å²) in [6.45, 7) is 5.73. The average Bonchev–Trinajstić information content (AvgIpc) is 1.60. The van der Waals surface area contributed by atoms with E-state index in [0.717, 1.165) is 22.3 Å². The fourth-order valence-corrected chi connectivity index (χ4v) is 15.0. The summed E-state index contributed by atoms with van der Waals surface area (Å²) in [5, 5.41) is 63.8. The minimum absolute atomic E-state index is 0.00644. The van der Waals surface area contributed by atoms with Gasteiger partial charge in [-0.15, -0.1) is 0 Å². The minimum Gasteiger partial charge on any atom is -0.388 e. The molecule has 11 N–H and O–H groups in total. The molecule has 2 aliphatic heterocycles. The molecule has 4 aliphatic rings. The lowest BCUT2D eigenvalue weighted by Crippen LogP contribution is -2.42. The Balaban J connectivity index is 0.678. The number of benzene rings is 5. The van der Waals surface area contributed by atoms with Gasteiger partial charge in [0, 0.05) is 81.7 Å². The molecule has 2 saturated carbocycles. The molecule has 2 saturated heterocycles. The first-order valence-electron chi connectivity index (χ1n) is 32.8. The van der Waals surface area contributed by atoms with Crippen LogP contribution in [0.5, 0.6) is 0 Å². The third-order valence-electron chi connectivity index (χ3n) is 18.9. The van der Waals surface area contributed by atoms with Gasteiger partial charge in [-0.3, -0.25) is 9.59 Å². The fourth-order valence-electron chi connectivity index (χ4n) is 13.7. The number of aliphatic hydroxyl groups is 4. The molecule has 0 radical (unpaired) electrons. The van der Waals surface area contributed by atoms with Crippen LogP contribution >= 0.6 is 0 Å². The van der Waals surface area contributed by atoms with Crippen molar-refractivity contribution >= 4 is 79.4 Å². The number of amides is 4. The molecule has 13 rings (SSSR count). The Kier molecular flexibility index (Phi) is 19.2. The van der Waals surface area contributed by atoms with Crippen LogP contribution in [0.25, 0.3) is 22.3 Å². The summed E-state index contributed by atoms with van der Waals surface area (Å²) >= 11 is 0. The van der Waals surface area contributed by atoms with E-state index in [9.17, 15) is 43.2 Å². The van der Waals surface area contributed by atoms with Gasteiger partial charge in [0.15, 0.2) is 34.0 Å². The predicted octanol–water partition coefficient (Wildman–Crippen LogP) is 5.53. The van der Waals surface area contributed by atoms with Crippen LogP contribution in [0.15, 0.2) is 163 Å². The lowest BCUT2D eigenvalue weighted by Gasteiger charge is -2.22. The normalized spacial score (nSPS) is 22.7. The highest BCUT2D eigenvalue weighted by Gasteiger charge is 2.46. The molecule has 26 nitrogen and oxygen atoms in total. The van der Waals surface area contributed by atoms with Gasteiger partial charge in [-0.05, 0) is 72.2 Å². The molecule has 10 atom stereocenters. The van der Waals surface area contributed by atoms with E-state index in [0.29, 0.717) is 97.1 Å². The van der Waals surface area contributed by atoms with Crippen molar-refractivity contribution in [1.82, 2.24) is 59.7 Å². The van der Waals surface area contributed by atoms with Crippen LogP contribution in [0.1, 0.15) is 98.5 Å². The van der Waals surface area contributed by atoms with Gasteiger partial charge in [0.25, 0.3) is 0 Å². The van der Waals surface area contributed by atoms with Crippen LogP contribution in [-0.4, -0.2) is 174 Å². The number of aliphatic hydroxyl groups excluding tert-OH is 4. The van der Waals surface area contributed by atoms with Crippen LogP contribution in [0.4, 0.5) is 34.0 Å². The van der Waals surface area contributed by atoms with E-state index in [1.54, 1.807) is 35.6 Å². The molecular weight excluding hydrogens is 1240 g/mol. The maximum atomic E-state index is 14.1. The molecule has 4 aromatic heterocycles. The summed E-state index contributed by atoms with van der Waals surface area (Å²) in [4.78, 5) is 72.1. The van der Waals surface area contributed by atoms with Gasteiger partial charge in [0.05, 0.1) is 41.7 Å². The van der Waals surface area contributed by atoms with E-state index in [4.69, 9.17) is 29.9 Å². The molecule has 5 aromatic carbocycles. The van der Waals surface area contributed by atoms with Crippen LogP contribution in [0.2, 0.25) is 0 Å². The predicted molar refractivity (Wildman–Crippen MR) is 363 cm³/mol. The zero-order valence-electron chi connectivity index (χ0n) is 53.1. The van der Waals surface area contributed by atoms with Crippen molar-refractivity contribution in [2.24, 2.45) is 0 Å². The summed E-state index contributed by atoms with van der Waals surface area (Å²) in [6, 6.07) is 42.3. The second-order valence-corrected chi connectivity index (χ2v) is 26.8. The van der Waals surface area contributed by atoms with Crippen molar-refractivity contribution in [2.45, 2.75) is 130 Å². The van der Waals surface area contributed by atoms with E-state index >= 15 is 0 Å². The van der Waals surface area contributed by atoms with E-state index in [2.05, 4.69) is 85.2 Å². The van der Waals surface area contributed by atoms with Crippen LogP contribution < -0.4 is 46.4 Å². The first kappa shape index (κ1) is 65.0. The van der Waals surface area contributed by atoms with Crippen molar-refractivity contribution < 1.29 is 43.2 Å². The number of hydrogen-bond donors (Lipinski definition) is 11. The number of anilines is 5. The Morgan fingerprint density at radius 1 is 0.521 bits per heavy atom. The van der Waals surface area contributed by atoms with Gasteiger partial charge >= 0.3 is 6.03 Å². The zero-order valence-corrected chi connectivity index (χ0v) is 54.0. The molecule has 500 valence electrons. The van der Waals surface area contributed by atoms with Crippen molar-refractivity contribution in [3.63, 3.8) is 0 Å². The van der Waals surface area contributed by atoms with Crippen molar-refractivity contribution in [2.75, 3.05) is 65.0 Å². The Morgan fingerprint density at radius 2 is 0.927 bits per heavy atom. The van der Waals surface area contributed by atoms with Gasteiger partial charge < -0.3 is 71.3 Å². The summed E-state index contributed by atoms with van der Waals surface area (Å²) in [6.07, 6.45) is 0.0551. The average molecular weight is 1320 g/mol. The van der Waals surface area contributed by atoms with Crippen molar-refractivity contribution in [3.8, 4) is 0 Å². The molecule has 96 heavy (non-hydrogen) atoms. The van der Waals surface area contributed by atoms with Crippen LogP contribution in [-0.2, 0) is 19.6 Å². The number of carbonyl (C=O) groups excluding carboxylic acids is 3. The highest BCUT2D eigenvalue weighted by Crippen LogP contribution is 2.38. The molecule has 2 aliphatic carbocycles. The summed E-state index contributed by atoms with van der Waals surface area (Å²) in [5.41, 5.74) is 6.42. The SMILES string of the molecule is CCC(=O)N[C@H]1C[C@@H](n2cnc3c(NCC(c4ccccc4)c4ccccc4)nc(N4CCC(NC(=O)Nc5ccc(S(=O)(=O)N[C@@H]6CCN(c7nc(NCC(c8ccccc8)c8ccccc8)c8ncn([C@H]9C[C@@H](NC(=O)CC)[C@@H](O)[C@H]9O)c8n7)C6)cc5)C4)nc32)[C@@H](O)[C@H]1O.